The first kappa shape index (κ1) is 18.1. The number of carbonyl (C=O) groups excluding carboxylic acids is 1. The number of rotatable bonds is 4. The summed E-state index contributed by atoms with van der Waals surface area (Å²) in [6, 6.07) is 6.76. The second-order valence-corrected chi connectivity index (χ2v) is 4.11. The summed E-state index contributed by atoms with van der Waals surface area (Å²) in [7, 11) is 0. The van der Waals surface area contributed by atoms with Crippen molar-refractivity contribution in [3.8, 4) is 0 Å². The van der Waals surface area contributed by atoms with Gasteiger partial charge in [-0.3, -0.25) is 10.2 Å². The Kier molecular flexibility index (Phi) is 9.00. The van der Waals surface area contributed by atoms with Gasteiger partial charge in [0.15, 0.2) is 0 Å². The van der Waals surface area contributed by atoms with Crippen molar-refractivity contribution in [1.82, 2.24) is 0 Å². The van der Waals surface area contributed by atoms with Gasteiger partial charge in [0.2, 0.25) is 0 Å². The number of nitrogens with one attached hydrogen (secondary N) is 2. The maximum absolute atomic E-state index is 11.7. The van der Waals surface area contributed by atoms with Crippen molar-refractivity contribution in [2.24, 2.45) is 0 Å². The minimum absolute atomic E-state index is 0.0410. The number of allylic oxidation sites excluding steroid dienone is 2. The second kappa shape index (κ2) is 9.95. The van der Waals surface area contributed by atoms with Gasteiger partial charge in [-0.15, -0.1) is 6.58 Å². The van der Waals surface area contributed by atoms with Gasteiger partial charge >= 0.3 is 0 Å². The number of carbonyl (C=O) groups is 1. The van der Waals surface area contributed by atoms with Crippen LogP contribution in [0, 0.1) is 5.41 Å². The van der Waals surface area contributed by atoms with Crippen molar-refractivity contribution < 1.29 is 9.90 Å². The average molecular weight is 295 g/mol. The molecule has 0 saturated carbocycles. The van der Waals surface area contributed by atoms with E-state index >= 15 is 0 Å². The largest absolute Gasteiger partial charge is 0.392 e. The SMILES string of the molecule is C/C=C(\C(=N)Cl)C(=O)Nc1ccc(CO)cc1.C=CC. The number of hydrogen-bond donors (Lipinski definition) is 3. The molecular formula is C15H19ClN2O2. The van der Waals surface area contributed by atoms with Crippen LogP contribution in [0.15, 0.2) is 48.6 Å². The Morgan fingerprint density at radius 2 is 1.90 bits per heavy atom. The van der Waals surface area contributed by atoms with Gasteiger partial charge in [-0.05, 0) is 31.5 Å². The van der Waals surface area contributed by atoms with Gasteiger partial charge < -0.3 is 10.4 Å². The monoisotopic (exact) mass is 294 g/mol. The summed E-state index contributed by atoms with van der Waals surface area (Å²) in [5.41, 5.74) is 1.47. The zero-order valence-corrected chi connectivity index (χ0v) is 12.4. The zero-order chi connectivity index (χ0) is 15.5. The molecule has 0 aliphatic rings. The molecule has 0 aliphatic heterocycles. The molecule has 4 nitrogen and oxygen atoms in total. The third-order valence-corrected chi connectivity index (χ3v) is 2.37. The molecule has 0 radical (unpaired) electrons. The van der Waals surface area contributed by atoms with Gasteiger partial charge in [0.1, 0.15) is 5.17 Å². The third kappa shape index (κ3) is 6.31. The molecule has 108 valence electrons. The molecule has 0 aromatic heterocycles. The van der Waals surface area contributed by atoms with E-state index < -0.39 is 5.91 Å². The number of hydrogen-bond acceptors (Lipinski definition) is 3. The molecule has 0 spiro atoms. The highest BCUT2D eigenvalue weighted by molar-refractivity contribution is 6.71. The highest BCUT2D eigenvalue weighted by atomic mass is 35.5. The summed E-state index contributed by atoms with van der Waals surface area (Å²) < 4.78 is 0. The van der Waals surface area contributed by atoms with Gasteiger partial charge in [0, 0.05) is 5.69 Å². The lowest BCUT2D eigenvalue weighted by molar-refractivity contribution is -0.112. The molecule has 1 aromatic rings. The van der Waals surface area contributed by atoms with E-state index in [0.29, 0.717) is 5.69 Å². The molecule has 1 amide bonds. The van der Waals surface area contributed by atoms with Crippen LogP contribution in [0.5, 0.6) is 0 Å². The Balaban J connectivity index is 0.00000110. The van der Waals surface area contributed by atoms with Crippen LogP contribution in [-0.4, -0.2) is 16.2 Å². The van der Waals surface area contributed by atoms with Crippen LogP contribution in [-0.2, 0) is 11.4 Å². The van der Waals surface area contributed by atoms with Crippen molar-refractivity contribution in [1.29, 1.82) is 5.41 Å². The molecule has 5 heteroatoms. The van der Waals surface area contributed by atoms with Crippen molar-refractivity contribution in [3.63, 3.8) is 0 Å². The van der Waals surface area contributed by atoms with Crippen molar-refractivity contribution in [3.05, 3.63) is 54.1 Å². The van der Waals surface area contributed by atoms with E-state index in [9.17, 15) is 4.79 Å². The Morgan fingerprint density at radius 3 is 2.25 bits per heavy atom. The first-order valence-corrected chi connectivity index (χ1v) is 6.36. The van der Waals surface area contributed by atoms with E-state index in [-0.39, 0.29) is 17.4 Å². The van der Waals surface area contributed by atoms with E-state index in [1.807, 2.05) is 6.92 Å². The van der Waals surface area contributed by atoms with Crippen LogP contribution in [0.3, 0.4) is 0 Å². The topological polar surface area (TPSA) is 73.2 Å². The second-order valence-electron chi connectivity index (χ2n) is 3.73. The Hall–Kier alpha value is -1.91. The molecule has 0 fully saturated rings. The van der Waals surface area contributed by atoms with Crippen LogP contribution in [0.2, 0.25) is 0 Å². The number of aliphatic hydroxyl groups is 1. The quantitative estimate of drug-likeness (QED) is 0.452. The van der Waals surface area contributed by atoms with Gasteiger partial charge in [-0.1, -0.05) is 35.9 Å². The van der Waals surface area contributed by atoms with Gasteiger partial charge in [0.05, 0.1) is 12.2 Å². The molecule has 20 heavy (non-hydrogen) atoms. The number of benzene rings is 1. The number of amides is 1. The van der Waals surface area contributed by atoms with E-state index in [1.165, 1.54) is 6.08 Å². The fourth-order valence-corrected chi connectivity index (χ4v) is 1.44. The summed E-state index contributed by atoms with van der Waals surface area (Å²) in [5.74, 6) is -0.427. The molecule has 1 aromatic carbocycles. The van der Waals surface area contributed by atoms with E-state index in [1.54, 1.807) is 37.3 Å². The molecule has 0 unspecified atom stereocenters. The minimum atomic E-state index is -0.427. The van der Waals surface area contributed by atoms with Crippen molar-refractivity contribution >= 4 is 28.4 Å². The molecular weight excluding hydrogens is 276 g/mol. The lowest BCUT2D eigenvalue weighted by Gasteiger charge is -2.07. The summed E-state index contributed by atoms with van der Waals surface area (Å²) in [5, 5.41) is 18.4. The Bertz CT molecular complexity index is 493. The highest BCUT2D eigenvalue weighted by Crippen LogP contribution is 2.12. The van der Waals surface area contributed by atoms with E-state index in [2.05, 4.69) is 11.9 Å². The standard InChI is InChI=1S/C12H13ClN2O2.C3H6/c1-2-10(11(13)14)12(17)15-9-5-3-8(7-16)4-6-9;1-3-2/h2-6,14,16H,7H2,1H3,(H,15,17);3H,1H2,2H3/b10-2+,14-11?;. The molecule has 0 atom stereocenters. The van der Waals surface area contributed by atoms with Crippen molar-refractivity contribution in [2.45, 2.75) is 20.5 Å². The molecule has 0 aliphatic carbocycles. The fourth-order valence-electron chi connectivity index (χ4n) is 1.25. The number of anilines is 1. The van der Waals surface area contributed by atoms with E-state index in [4.69, 9.17) is 22.1 Å². The van der Waals surface area contributed by atoms with Crippen LogP contribution < -0.4 is 5.32 Å². The lowest BCUT2D eigenvalue weighted by Crippen LogP contribution is -2.17. The number of aliphatic hydroxyl groups excluding tert-OH is 1. The smallest absolute Gasteiger partial charge is 0.258 e. The summed E-state index contributed by atoms with van der Waals surface area (Å²) in [6.45, 7) is 6.85. The first-order chi connectivity index (χ1) is 9.49. The van der Waals surface area contributed by atoms with Crippen LogP contribution >= 0.6 is 11.6 Å². The lowest BCUT2D eigenvalue weighted by atomic mass is 10.2. The van der Waals surface area contributed by atoms with Gasteiger partial charge in [-0.25, -0.2) is 0 Å². The highest BCUT2D eigenvalue weighted by Gasteiger charge is 2.11. The van der Waals surface area contributed by atoms with E-state index in [0.717, 1.165) is 5.56 Å². The predicted molar refractivity (Wildman–Crippen MR) is 84.2 cm³/mol. The first-order valence-electron chi connectivity index (χ1n) is 5.99. The minimum Gasteiger partial charge on any atom is -0.392 e. The predicted octanol–water partition coefficient (Wildman–Crippen LogP) is 3.47. The molecule has 0 heterocycles. The maximum Gasteiger partial charge on any atom is 0.258 e. The molecule has 0 saturated heterocycles. The van der Waals surface area contributed by atoms with Gasteiger partial charge in [-0.2, -0.15) is 0 Å². The maximum atomic E-state index is 11.7. The zero-order valence-electron chi connectivity index (χ0n) is 11.6. The van der Waals surface area contributed by atoms with Crippen LogP contribution in [0.4, 0.5) is 5.69 Å². The Morgan fingerprint density at radius 1 is 1.40 bits per heavy atom. The fraction of sp³-hybridized carbons (Fsp3) is 0.200. The third-order valence-electron chi connectivity index (χ3n) is 2.16. The molecule has 1 rings (SSSR count). The van der Waals surface area contributed by atoms with Crippen molar-refractivity contribution in [2.75, 3.05) is 5.32 Å². The van der Waals surface area contributed by atoms with Crippen LogP contribution in [0.25, 0.3) is 0 Å². The summed E-state index contributed by atoms with van der Waals surface area (Å²) in [4.78, 5) is 11.7. The molecule has 3 N–H and O–H groups in total. The summed E-state index contributed by atoms with van der Waals surface area (Å²) >= 11 is 5.47. The van der Waals surface area contributed by atoms with Crippen LogP contribution in [0.1, 0.15) is 19.4 Å². The average Bonchev–Trinajstić information content (AvgIpc) is 2.40. The summed E-state index contributed by atoms with van der Waals surface area (Å²) in [6.07, 6.45) is 3.23. The molecule has 0 bridgehead atoms. The number of halogens is 1. The normalized spacial score (nSPS) is 10.1. The Labute approximate surface area is 124 Å². The van der Waals surface area contributed by atoms with Gasteiger partial charge in [0.25, 0.3) is 5.91 Å².